The molecule has 0 radical (unpaired) electrons. The topological polar surface area (TPSA) is 148 Å². The number of anilines is 1. The molecule has 1 atom stereocenters. The predicted octanol–water partition coefficient (Wildman–Crippen LogP) is 2.06. The van der Waals surface area contributed by atoms with Crippen LogP contribution < -0.4 is 27.0 Å². The minimum absolute atomic E-state index is 0.281. The molecule has 174 valence electrons. The average Bonchev–Trinajstić information content (AvgIpc) is 3.29. The Hall–Kier alpha value is -4.60. The molecule has 4 rings (SSSR count). The smallest absolute Gasteiger partial charge is 0.326 e. The Labute approximate surface area is 194 Å². The number of methoxy groups -OCH3 is 1. The van der Waals surface area contributed by atoms with Gasteiger partial charge in [-0.05, 0) is 30.2 Å². The van der Waals surface area contributed by atoms with Gasteiger partial charge in [0.05, 0.1) is 25.9 Å². The summed E-state index contributed by atoms with van der Waals surface area (Å²) in [5.74, 6) is -0.00838. The predicted molar refractivity (Wildman–Crippen MR) is 128 cm³/mol. The summed E-state index contributed by atoms with van der Waals surface area (Å²) in [6.45, 7) is 2.41. The normalized spacial score (nSPS) is 11.7. The molecule has 0 aliphatic carbocycles. The van der Waals surface area contributed by atoms with Crippen molar-refractivity contribution in [1.82, 2.24) is 25.1 Å². The van der Waals surface area contributed by atoms with Gasteiger partial charge in [0.1, 0.15) is 17.1 Å². The number of hydrogen-bond donors (Lipinski definition) is 4. The highest BCUT2D eigenvalue weighted by Gasteiger charge is 2.19. The van der Waals surface area contributed by atoms with Gasteiger partial charge in [0.2, 0.25) is 0 Å². The van der Waals surface area contributed by atoms with Crippen molar-refractivity contribution < 1.29 is 9.53 Å². The van der Waals surface area contributed by atoms with Crippen molar-refractivity contribution in [3.05, 3.63) is 98.6 Å². The number of amides is 1. The Morgan fingerprint density at radius 2 is 1.94 bits per heavy atom. The van der Waals surface area contributed by atoms with Crippen molar-refractivity contribution in [2.24, 2.45) is 0 Å². The zero-order valence-corrected chi connectivity index (χ0v) is 18.7. The second kappa shape index (κ2) is 9.49. The maximum absolute atomic E-state index is 12.7. The molecule has 0 fully saturated rings. The van der Waals surface area contributed by atoms with Gasteiger partial charge in [-0.15, -0.1) is 0 Å². The molecule has 34 heavy (non-hydrogen) atoms. The molecule has 10 nitrogen and oxygen atoms in total. The van der Waals surface area contributed by atoms with Crippen LogP contribution >= 0.6 is 0 Å². The third-order valence-electron chi connectivity index (χ3n) is 5.41. The number of aromatic nitrogens is 4. The van der Waals surface area contributed by atoms with E-state index in [1.165, 1.54) is 0 Å². The fourth-order valence-electron chi connectivity index (χ4n) is 3.61. The van der Waals surface area contributed by atoms with Crippen LogP contribution in [0, 0.1) is 0 Å². The maximum Gasteiger partial charge on any atom is 0.326 e. The summed E-state index contributed by atoms with van der Waals surface area (Å²) in [6, 6.07) is 15.1. The van der Waals surface area contributed by atoms with Crippen molar-refractivity contribution in [3.63, 3.8) is 0 Å². The zero-order chi connectivity index (χ0) is 24.2. The lowest BCUT2D eigenvalue weighted by molar-refractivity contribution is 0.0935. The third kappa shape index (κ3) is 4.75. The third-order valence-corrected chi connectivity index (χ3v) is 5.41. The van der Waals surface area contributed by atoms with Crippen molar-refractivity contribution in [1.29, 1.82) is 0 Å². The van der Waals surface area contributed by atoms with Gasteiger partial charge in [-0.2, -0.15) is 5.10 Å². The highest BCUT2D eigenvalue weighted by atomic mass is 16.5. The molecule has 1 unspecified atom stereocenters. The Morgan fingerprint density at radius 1 is 1.18 bits per heavy atom. The van der Waals surface area contributed by atoms with Gasteiger partial charge >= 0.3 is 5.69 Å². The van der Waals surface area contributed by atoms with E-state index in [0.29, 0.717) is 12.3 Å². The molecule has 1 amide bonds. The van der Waals surface area contributed by atoms with Crippen LogP contribution in [0.1, 0.15) is 34.6 Å². The van der Waals surface area contributed by atoms with Gasteiger partial charge in [-0.25, -0.2) is 4.79 Å². The first kappa shape index (κ1) is 22.6. The molecule has 2 aromatic heterocycles. The maximum atomic E-state index is 12.7. The van der Waals surface area contributed by atoms with Crippen LogP contribution in [-0.4, -0.2) is 32.8 Å². The van der Waals surface area contributed by atoms with Gasteiger partial charge in [0.15, 0.2) is 0 Å². The highest BCUT2D eigenvalue weighted by molar-refractivity contribution is 5.97. The summed E-state index contributed by atoms with van der Waals surface area (Å²) in [7, 11) is 1.59. The van der Waals surface area contributed by atoms with E-state index in [9.17, 15) is 14.4 Å². The van der Waals surface area contributed by atoms with E-state index in [1.807, 2.05) is 64.4 Å². The number of nitrogens with one attached hydrogen (secondary N) is 3. The molecular weight excluding hydrogens is 436 g/mol. The van der Waals surface area contributed by atoms with Crippen LogP contribution in [0.2, 0.25) is 0 Å². The van der Waals surface area contributed by atoms with E-state index in [2.05, 4.69) is 15.4 Å². The van der Waals surface area contributed by atoms with Crippen molar-refractivity contribution in [2.45, 2.75) is 19.5 Å². The van der Waals surface area contributed by atoms with Gasteiger partial charge < -0.3 is 20.8 Å². The molecule has 2 heterocycles. The number of aromatic amines is 2. The minimum atomic E-state index is -0.819. The van der Waals surface area contributed by atoms with Crippen LogP contribution in [0.25, 0.3) is 11.1 Å². The van der Waals surface area contributed by atoms with Crippen LogP contribution in [0.3, 0.4) is 0 Å². The first-order chi connectivity index (χ1) is 16.4. The van der Waals surface area contributed by atoms with Crippen molar-refractivity contribution in [3.8, 4) is 16.9 Å². The van der Waals surface area contributed by atoms with Gasteiger partial charge in [0.25, 0.3) is 11.5 Å². The number of rotatable bonds is 7. The molecule has 2 aromatic carbocycles. The molecule has 10 heteroatoms. The summed E-state index contributed by atoms with van der Waals surface area (Å²) < 4.78 is 7.38. The van der Waals surface area contributed by atoms with E-state index in [-0.39, 0.29) is 11.4 Å². The lowest BCUT2D eigenvalue weighted by atomic mass is 10.0. The molecule has 0 saturated carbocycles. The van der Waals surface area contributed by atoms with Crippen LogP contribution in [-0.2, 0) is 6.54 Å². The number of carbonyl (C=O) groups is 1. The Morgan fingerprint density at radius 3 is 2.68 bits per heavy atom. The lowest BCUT2D eigenvalue weighted by Gasteiger charge is -2.17. The molecule has 0 bridgehead atoms. The Kier molecular flexibility index (Phi) is 6.30. The van der Waals surface area contributed by atoms with Gasteiger partial charge in [-0.3, -0.25) is 19.3 Å². The fraction of sp³-hybridized carbons (Fsp3) is 0.167. The standard InChI is InChI=1S/C24H24N6O4/c1-14(27-23(32)21-20(25)22(31)29-24(33)28-21)16-8-9-19(34-2)18(10-16)17-11-26-30(13-17)12-15-6-4-3-5-7-15/h3-11,13-14H,12,25H2,1-2H3,(H,27,32)(H2,28,29,31,33). The second-order valence-electron chi connectivity index (χ2n) is 7.76. The van der Waals surface area contributed by atoms with E-state index < -0.39 is 23.2 Å². The van der Waals surface area contributed by atoms with Crippen molar-refractivity contribution in [2.75, 3.05) is 12.8 Å². The largest absolute Gasteiger partial charge is 0.496 e. The van der Waals surface area contributed by atoms with E-state index in [1.54, 1.807) is 20.2 Å². The van der Waals surface area contributed by atoms with Crippen molar-refractivity contribution >= 4 is 11.6 Å². The molecule has 0 spiro atoms. The zero-order valence-electron chi connectivity index (χ0n) is 18.7. The SMILES string of the molecule is COc1ccc(C(C)NC(=O)c2[nH]c(=O)[nH]c(=O)c2N)cc1-c1cnn(Cc2ccccc2)c1. The van der Waals surface area contributed by atoms with E-state index >= 15 is 0 Å². The molecule has 0 saturated heterocycles. The number of hydrogen-bond acceptors (Lipinski definition) is 6. The summed E-state index contributed by atoms with van der Waals surface area (Å²) in [5, 5.41) is 7.22. The van der Waals surface area contributed by atoms with Crippen LogP contribution in [0.15, 0.2) is 70.5 Å². The van der Waals surface area contributed by atoms with Gasteiger partial charge in [-0.1, -0.05) is 36.4 Å². The summed E-state index contributed by atoms with van der Waals surface area (Å²) in [4.78, 5) is 40.2. The number of nitrogens with two attached hydrogens (primary N) is 1. The fourth-order valence-corrected chi connectivity index (χ4v) is 3.61. The van der Waals surface area contributed by atoms with Gasteiger partial charge in [0, 0.05) is 17.3 Å². The van der Waals surface area contributed by atoms with E-state index in [4.69, 9.17) is 10.5 Å². The average molecular weight is 460 g/mol. The van der Waals surface area contributed by atoms with Crippen LogP contribution in [0.4, 0.5) is 5.69 Å². The molecule has 0 aliphatic rings. The first-order valence-electron chi connectivity index (χ1n) is 10.5. The lowest BCUT2D eigenvalue weighted by Crippen LogP contribution is -2.34. The number of benzene rings is 2. The Bertz CT molecular complexity index is 1440. The first-order valence-corrected chi connectivity index (χ1v) is 10.5. The second-order valence-corrected chi connectivity index (χ2v) is 7.76. The number of nitrogen functional groups attached to an aromatic ring is 1. The molecular formula is C24H24N6O4. The van der Waals surface area contributed by atoms with E-state index in [0.717, 1.165) is 22.3 Å². The Balaban J connectivity index is 1.58. The summed E-state index contributed by atoms with van der Waals surface area (Å²) >= 11 is 0. The molecule has 0 aliphatic heterocycles. The quantitative estimate of drug-likeness (QED) is 0.332. The van der Waals surface area contributed by atoms with Crippen LogP contribution in [0.5, 0.6) is 5.75 Å². The molecule has 4 aromatic rings. The summed E-state index contributed by atoms with van der Waals surface area (Å²) in [5.41, 5.74) is 6.98. The monoisotopic (exact) mass is 460 g/mol. The number of nitrogens with zero attached hydrogens (tertiary/aromatic N) is 2. The number of carbonyl (C=O) groups excluding carboxylic acids is 1. The highest BCUT2D eigenvalue weighted by Crippen LogP contribution is 2.32. The number of ether oxygens (including phenoxy) is 1. The number of H-pyrrole nitrogens is 2. The summed E-state index contributed by atoms with van der Waals surface area (Å²) in [6.07, 6.45) is 3.69. The minimum Gasteiger partial charge on any atom is -0.496 e. The molecule has 5 N–H and O–H groups in total.